The van der Waals surface area contributed by atoms with E-state index in [1.165, 1.54) is 18.2 Å². The maximum Gasteiger partial charge on any atom is 0.427 e. The largest absolute Gasteiger partial charge is 0.508 e. The fourth-order valence-electron chi connectivity index (χ4n) is 2.70. The van der Waals surface area contributed by atoms with Crippen LogP contribution in [0.4, 0.5) is 0 Å². The topological polar surface area (TPSA) is 127 Å². The van der Waals surface area contributed by atoms with Crippen LogP contribution in [0.2, 0.25) is 0 Å². The number of phenols is 1. The smallest absolute Gasteiger partial charge is 0.427 e. The van der Waals surface area contributed by atoms with Crippen molar-refractivity contribution in [2.24, 2.45) is 0 Å². The number of ketones is 1. The molecular weight excluding hydrogens is 333 g/mol. The normalized spacial score (nSPS) is 17.8. The summed E-state index contributed by atoms with van der Waals surface area (Å²) >= 11 is 0. The summed E-state index contributed by atoms with van der Waals surface area (Å²) in [6, 6.07) is 6.58. The summed E-state index contributed by atoms with van der Waals surface area (Å²) in [6.07, 6.45) is 1.88. The number of rotatable bonds is 6. The Morgan fingerprint density at radius 2 is 2.04 bits per heavy atom. The molecule has 0 saturated heterocycles. The summed E-state index contributed by atoms with van der Waals surface area (Å²) in [5, 5.41) is 22.0. The lowest BCUT2D eigenvalue weighted by molar-refractivity contribution is -0.112. The molecule has 5 N–H and O–H groups in total. The maximum atomic E-state index is 12.1. The number of benzene rings is 1. The lowest BCUT2D eigenvalue weighted by Gasteiger charge is -2.24. The van der Waals surface area contributed by atoms with E-state index in [1.807, 2.05) is 12.0 Å². The molecule has 0 aromatic heterocycles. The van der Waals surface area contributed by atoms with Crippen molar-refractivity contribution >= 4 is 13.5 Å². The number of aliphatic hydroxyl groups excluding tert-OH is 1. The second-order valence-electron chi connectivity index (χ2n) is 5.77. The van der Waals surface area contributed by atoms with Crippen molar-refractivity contribution in [3.8, 4) is 5.75 Å². The number of aliphatic hydroxyl groups is 1. The number of carbonyl (C=O) groups excluding carboxylic acids is 1. The number of hydrogen-bond acceptors (Lipinski definition) is 4. The molecule has 130 valence electrons. The molecule has 0 heterocycles. The van der Waals surface area contributed by atoms with Crippen LogP contribution in [0.3, 0.4) is 0 Å². The van der Waals surface area contributed by atoms with E-state index in [0.29, 0.717) is 0 Å². The van der Waals surface area contributed by atoms with Crippen LogP contribution in [-0.2, 0) is 9.36 Å². The molecule has 2 unspecified atom stereocenters. The Morgan fingerprint density at radius 3 is 2.67 bits per heavy atom. The predicted molar refractivity (Wildman–Crippen MR) is 88.1 cm³/mol. The van der Waals surface area contributed by atoms with Crippen molar-refractivity contribution < 1.29 is 29.4 Å². The van der Waals surface area contributed by atoms with Gasteiger partial charge in [0.2, 0.25) is 0 Å². The molecule has 0 aliphatic heterocycles. The van der Waals surface area contributed by atoms with E-state index < -0.39 is 19.6 Å². The first-order valence-electron chi connectivity index (χ1n) is 7.42. The highest BCUT2D eigenvalue weighted by Gasteiger charge is 2.28. The lowest BCUT2D eigenvalue weighted by Crippen LogP contribution is -2.27. The Labute approximate surface area is 139 Å². The Kier molecular flexibility index (Phi) is 5.62. The second-order valence-corrected chi connectivity index (χ2v) is 7.08. The van der Waals surface area contributed by atoms with Gasteiger partial charge in [0.15, 0.2) is 5.78 Å². The molecule has 8 heteroatoms. The lowest BCUT2D eigenvalue weighted by atomic mass is 9.88. The van der Waals surface area contributed by atoms with Crippen LogP contribution in [0.5, 0.6) is 5.75 Å². The van der Waals surface area contributed by atoms with Gasteiger partial charge in [0.1, 0.15) is 5.75 Å². The van der Waals surface area contributed by atoms with Gasteiger partial charge in [-0.25, -0.2) is 4.57 Å². The van der Waals surface area contributed by atoms with Crippen LogP contribution in [0.25, 0.3) is 0 Å². The van der Waals surface area contributed by atoms with Crippen LogP contribution < -0.4 is 5.09 Å². The Morgan fingerprint density at radius 1 is 1.33 bits per heavy atom. The highest BCUT2D eigenvalue weighted by atomic mass is 31.2. The molecule has 0 bridgehead atoms. The first-order valence-corrected chi connectivity index (χ1v) is 9.03. The number of nitrogens with one attached hydrogen (secondary N) is 1. The summed E-state index contributed by atoms with van der Waals surface area (Å²) < 4.78 is 11.2. The molecule has 2 rings (SSSR count). The van der Waals surface area contributed by atoms with Crippen LogP contribution in [-0.4, -0.2) is 31.9 Å². The second kappa shape index (κ2) is 7.32. The van der Waals surface area contributed by atoms with E-state index in [2.05, 4.69) is 0 Å². The van der Waals surface area contributed by atoms with E-state index in [9.17, 15) is 19.6 Å². The van der Waals surface area contributed by atoms with Gasteiger partial charge < -0.3 is 20.0 Å². The minimum Gasteiger partial charge on any atom is -0.508 e. The van der Waals surface area contributed by atoms with Gasteiger partial charge in [0, 0.05) is 17.7 Å². The third kappa shape index (κ3) is 4.79. The minimum atomic E-state index is -4.57. The van der Waals surface area contributed by atoms with Gasteiger partial charge >= 0.3 is 7.75 Å². The number of hydrogen-bond donors (Lipinski definition) is 5. The summed E-state index contributed by atoms with van der Waals surface area (Å²) in [6.45, 7) is 1.83. The molecular formula is C16H20NO6P. The molecule has 1 aliphatic rings. The molecule has 0 fully saturated rings. The number of aromatic hydroxyl groups is 1. The summed E-state index contributed by atoms with van der Waals surface area (Å²) in [7, 11) is -4.57. The Bertz CT molecular complexity index is 736. The molecule has 24 heavy (non-hydrogen) atoms. The summed E-state index contributed by atoms with van der Waals surface area (Å²) in [4.78, 5) is 30.2. The average molecular weight is 353 g/mol. The van der Waals surface area contributed by atoms with E-state index in [1.54, 1.807) is 18.2 Å². The number of allylic oxidation sites excluding steroid dienone is 2. The molecule has 0 amide bonds. The van der Waals surface area contributed by atoms with Gasteiger partial charge in [-0.05, 0) is 36.1 Å². The van der Waals surface area contributed by atoms with E-state index >= 15 is 0 Å². The van der Waals surface area contributed by atoms with Crippen LogP contribution in [0.1, 0.15) is 31.2 Å². The number of carbonyl (C=O) groups is 1. The third-order valence-electron chi connectivity index (χ3n) is 3.81. The quantitative estimate of drug-likeness (QED) is 0.493. The van der Waals surface area contributed by atoms with E-state index in [0.717, 1.165) is 5.56 Å². The molecule has 0 saturated carbocycles. The van der Waals surface area contributed by atoms with Crippen LogP contribution in [0.15, 0.2) is 47.7 Å². The van der Waals surface area contributed by atoms with Gasteiger partial charge in [0.25, 0.3) is 0 Å². The summed E-state index contributed by atoms with van der Waals surface area (Å²) in [5.41, 5.74) is 0.789. The highest BCUT2D eigenvalue weighted by Crippen LogP contribution is 2.35. The van der Waals surface area contributed by atoms with E-state index in [4.69, 9.17) is 9.79 Å². The number of phenolic OH excluding ortho intramolecular Hbond substituents is 1. The molecule has 1 aromatic rings. The standard InChI is InChI=1S/C16H20NO6P/c1-10(11-4-2-5-12(18)9-11)8-15(20)16-13(17-24(21,22)23)6-3-7-14(16)19/h2-5,7,9-10,15,18,20H,6,8H2,1H3,(H3,17,21,22,23). The van der Waals surface area contributed by atoms with E-state index in [-0.39, 0.29) is 35.8 Å². The summed E-state index contributed by atoms with van der Waals surface area (Å²) in [5.74, 6) is -0.545. The van der Waals surface area contributed by atoms with Gasteiger partial charge in [-0.1, -0.05) is 25.1 Å². The highest BCUT2D eigenvalue weighted by molar-refractivity contribution is 7.49. The molecule has 7 nitrogen and oxygen atoms in total. The zero-order chi connectivity index (χ0) is 17.9. The molecule has 1 aromatic carbocycles. The van der Waals surface area contributed by atoms with Gasteiger partial charge in [0.05, 0.1) is 6.10 Å². The van der Waals surface area contributed by atoms with Crippen LogP contribution >= 0.6 is 7.75 Å². The monoisotopic (exact) mass is 353 g/mol. The van der Waals surface area contributed by atoms with Crippen molar-refractivity contribution in [1.82, 2.24) is 5.09 Å². The van der Waals surface area contributed by atoms with Crippen molar-refractivity contribution in [2.45, 2.75) is 31.8 Å². The molecule has 1 aliphatic carbocycles. The zero-order valence-corrected chi connectivity index (χ0v) is 14.0. The Balaban J connectivity index is 2.22. The Hall–Kier alpha value is -1.92. The fourth-order valence-corrected chi connectivity index (χ4v) is 3.26. The predicted octanol–water partition coefficient (Wildman–Crippen LogP) is 1.71. The fraction of sp³-hybridized carbons (Fsp3) is 0.312. The van der Waals surface area contributed by atoms with Gasteiger partial charge in [-0.2, -0.15) is 0 Å². The molecule has 0 spiro atoms. The molecule has 2 atom stereocenters. The van der Waals surface area contributed by atoms with Gasteiger partial charge in [-0.3, -0.25) is 9.88 Å². The SMILES string of the molecule is CC(CC(O)C1=C(NP(=O)(O)O)CC=CC1=O)c1cccc(O)c1. The maximum absolute atomic E-state index is 12.1. The first kappa shape index (κ1) is 18.4. The van der Waals surface area contributed by atoms with Crippen LogP contribution in [0, 0.1) is 0 Å². The minimum absolute atomic E-state index is 0.0337. The van der Waals surface area contributed by atoms with Crippen molar-refractivity contribution in [1.29, 1.82) is 0 Å². The first-order chi connectivity index (χ1) is 11.2. The molecule has 0 radical (unpaired) electrons. The van der Waals surface area contributed by atoms with Crippen molar-refractivity contribution in [3.63, 3.8) is 0 Å². The average Bonchev–Trinajstić information content (AvgIpc) is 2.45. The zero-order valence-electron chi connectivity index (χ0n) is 13.1. The van der Waals surface area contributed by atoms with Crippen molar-refractivity contribution in [3.05, 3.63) is 53.3 Å². The van der Waals surface area contributed by atoms with Gasteiger partial charge in [-0.15, -0.1) is 0 Å². The third-order valence-corrected chi connectivity index (χ3v) is 4.37. The van der Waals surface area contributed by atoms with Crippen molar-refractivity contribution in [2.75, 3.05) is 0 Å².